The Labute approximate surface area is 115 Å². The van der Waals surface area contributed by atoms with E-state index in [9.17, 15) is 9.50 Å². The fourth-order valence-electron chi connectivity index (χ4n) is 2.74. The van der Waals surface area contributed by atoms with Crippen LogP contribution in [0, 0.1) is 5.82 Å². The fourth-order valence-corrected chi connectivity index (χ4v) is 2.74. The molecule has 19 heavy (non-hydrogen) atoms. The predicted molar refractivity (Wildman–Crippen MR) is 76.4 cm³/mol. The molecule has 1 aliphatic carbocycles. The minimum atomic E-state index is -0.804. The summed E-state index contributed by atoms with van der Waals surface area (Å²) in [5.41, 5.74) is 1.50. The zero-order valence-electron chi connectivity index (χ0n) is 11.7. The molecule has 1 N–H and O–H groups in total. The summed E-state index contributed by atoms with van der Waals surface area (Å²) in [5, 5.41) is 10.7. The SMILES string of the molecule is CCCCCC1=CCC(O)(c2ccc(F)cc2)CC1. The lowest BCUT2D eigenvalue weighted by Gasteiger charge is -2.32. The van der Waals surface area contributed by atoms with E-state index in [1.165, 1.54) is 37.0 Å². The van der Waals surface area contributed by atoms with Crippen LogP contribution in [0.1, 0.15) is 57.4 Å². The van der Waals surface area contributed by atoms with E-state index < -0.39 is 5.60 Å². The first-order valence-electron chi connectivity index (χ1n) is 7.30. The Kier molecular flexibility index (Phi) is 4.76. The monoisotopic (exact) mass is 262 g/mol. The number of halogens is 1. The molecular formula is C17H23FO. The van der Waals surface area contributed by atoms with Gasteiger partial charge < -0.3 is 5.11 Å². The summed E-state index contributed by atoms with van der Waals surface area (Å²) in [6.45, 7) is 2.21. The summed E-state index contributed by atoms with van der Waals surface area (Å²) in [6.07, 6.45) is 9.47. The number of rotatable bonds is 5. The first kappa shape index (κ1) is 14.3. The number of benzene rings is 1. The van der Waals surface area contributed by atoms with E-state index in [1.807, 2.05) is 0 Å². The van der Waals surface area contributed by atoms with Crippen molar-refractivity contribution in [3.63, 3.8) is 0 Å². The number of allylic oxidation sites excluding steroid dienone is 1. The van der Waals surface area contributed by atoms with Crippen molar-refractivity contribution in [2.75, 3.05) is 0 Å². The molecule has 2 heteroatoms. The van der Waals surface area contributed by atoms with Crippen LogP contribution in [0.4, 0.5) is 4.39 Å². The topological polar surface area (TPSA) is 20.2 Å². The minimum Gasteiger partial charge on any atom is -0.385 e. The molecule has 1 aromatic rings. The van der Waals surface area contributed by atoms with Gasteiger partial charge in [-0.25, -0.2) is 4.39 Å². The maximum atomic E-state index is 12.9. The molecule has 0 radical (unpaired) electrons. The molecule has 1 atom stereocenters. The van der Waals surface area contributed by atoms with Gasteiger partial charge in [-0.2, -0.15) is 0 Å². The van der Waals surface area contributed by atoms with E-state index in [0.717, 1.165) is 24.8 Å². The van der Waals surface area contributed by atoms with Crippen LogP contribution in [0.15, 0.2) is 35.9 Å². The summed E-state index contributed by atoms with van der Waals surface area (Å²) >= 11 is 0. The van der Waals surface area contributed by atoms with Crippen molar-refractivity contribution in [2.24, 2.45) is 0 Å². The second-order valence-corrected chi connectivity index (χ2v) is 5.56. The van der Waals surface area contributed by atoms with Gasteiger partial charge in [0.1, 0.15) is 5.82 Å². The molecule has 0 saturated heterocycles. The summed E-state index contributed by atoms with van der Waals surface area (Å²) < 4.78 is 12.9. The van der Waals surface area contributed by atoms with Gasteiger partial charge in [-0.1, -0.05) is 43.5 Å². The minimum absolute atomic E-state index is 0.251. The maximum absolute atomic E-state index is 12.9. The zero-order valence-corrected chi connectivity index (χ0v) is 11.7. The molecule has 0 spiro atoms. The van der Waals surface area contributed by atoms with Gasteiger partial charge >= 0.3 is 0 Å². The molecule has 0 saturated carbocycles. The highest BCUT2D eigenvalue weighted by molar-refractivity contribution is 5.26. The lowest BCUT2D eigenvalue weighted by Crippen LogP contribution is -2.27. The average molecular weight is 262 g/mol. The molecule has 1 aliphatic rings. The number of hydrogen-bond donors (Lipinski definition) is 1. The molecule has 0 aromatic heterocycles. The molecule has 0 amide bonds. The third-order valence-electron chi connectivity index (χ3n) is 4.07. The van der Waals surface area contributed by atoms with Crippen LogP contribution >= 0.6 is 0 Å². The second-order valence-electron chi connectivity index (χ2n) is 5.56. The molecule has 0 bridgehead atoms. The number of aliphatic hydroxyl groups is 1. The van der Waals surface area contributed by atoms with Gasteiger partial charge in [-0.3, -0.25) is 0 Å². The van der Waals surface area contributed by atoms with Crippen LogP contribution in [0.25, 0.3) is 0 Å². The van der Waals surface area contributed by atoms with Crippen LogP contribution < -0.4 is 0 Å². The van der Waals surface area contributed by atoms with Crippen LogP contribution in [-0.2, 0) is 5.60 Å². The largest absolute Gasteiger partial charge is 0.385 e. The summed E-state index contributed by atoms with van der Waals surface area (Å²) in [4.78, 5) is 0. The summed E-state index contributed by atoms with van der Waals surface area (Å²) in [6, 6.07) is 6.25. The van der Waals surface area contributed by atoms with E-state index in [-0.39, 0.29) is 5.82 Å². The summed E-state index contributed by atoms with van der Waals surface area (Å²) in [7, 11) is 0. The highest BCUT2D eigenvalue weighted by Gasteiger charge is 2.30. The Morgan fingerprint density at radius 1 is 1.21 bits per heavy atom. The summed E-state index contributed by atoms with van der Waals surface area (Å²) in [5.74, 6) is -0.251. The zero-order chi connectivity index (χ0) is 13.7. The van der Waals surface area contributed by atoms with Gasteiger partial charge in [0.2, 0.25) is 0 Å². The van der Waals surface area contributed by atoms with Crippen molar-refractivity contribution in [3.05, 3.63) is 47.3 Å². The van der Waals surface area contributed by atoms with E-state index >= 15 is 0 Å². The Morgan fingerprint density at radius 3 is 2.53 bits per heavy atom. The van der Waals surface area contributed by atoms with Gasteiger partial charge in [0, 0.05) is 0 Å². The molecule has 104 valence electrons. The van der Waals surface area contributed by atoms with Crippen molar-refractivity contribution >= 4 is 0 Å². The van der Waals surface area contributed by atoms with Crippen molar-refractivity contribution in [1.29, 1.82) is 0 Å². The van der Waals surface area contributed by atoms with Gasteiger partial charge in [-0.05, 0) is 49.8 Å². The highest BCUT2D eigenvalue weighted by atomic mass is 19.1. The van der Waals surface area contributed by atoms with Crippen molar-refractivity contribution < 1.29 is 9.50 Å². The normalized spacial score (nSPS) is 23.2. The fraction of sp³-hybridized carbons (Fsp3) is 0.529. The average Bonchev–Trinajstić information content (AvgIpc) is 2.42. The molecule has 0 fully saturated rings. The van der Waals surface area contributed by atoms with E-state index in [1.54, 1.807) is 12.1 Å². The quantitative estimate of drug-likeness (QED) is 0.602. The van der Waals surface area contributed by atoms with Crippen LogP contribution in [0.3, 0.4) is 0 Å². The Hall–Kier alpha value is -1.15. The van der Waals surface area contributed by atoms with Crippen molar-refractivity contribution in [3.8, 4) is 0 Å². The Bertz CT molecular complexity index is 435. The Balaban J connectivity index is 1.98. The molecule has 1 unspecified atom stereocenters. The first-order chi connectivity index (χ1) is 9.14. The van der Waals surface area contributed by atoms with E-state index in [2.05, 4.69) is 13.0 Å². The second kappa shape index (κ2) is 6.33. The van der Waals surface area contributed by atoms with E-state index in [4.69, 9.17) is 0 Å². The lowest BCUT2D eigenvalue weighted by molar-refractivity contribution is 0.0254. The lowest BCUT2D eigenvalue weighted by atomic mass is 9.79. The standard InChI is InChI=1S/C17H23FO/c1-2-3-4-5-14-10-12-17(19,13-11-14)15-6-8-16(18)9-7-15/h6-10,19H,2-5,11-13H2,1H3. The third-order valence-corrected chi connectivity index (χ3v) is 4.07. The molecular weight excluding hydrogens is 239 g/mol. The van der Waals surface area contributed by atoms with Crippen LogP contribution in [-0.4, -0.2) is 5.11 Å². The maximum Gasteiger partial charge on any atom is 0.123 e. The van der Waals surface area contributed by atoms with Gasteiger partial charge in [0.25, 0.3) is 0 Å². The smallest absolute Gasteiger partial charge is 0.123 e. The van der Waals surface area contributed by atoms with E-state index in [0.29, 0.717) is 6.42 Å². The molecule has 1 aromatic carbocycles. The van der Waals surface area contributed by atoms with Gasteiger partial charge in [0.05, 0.1) is 5.60 Å². The number of hydrogen-bond acceptors (Lipinski definition) is 1. The van der Waals surface area contributed by atoms with Gasteiger partial charge in [-0.15, -0.1) is 0 Å². The molecule has 0 heterocycles. The molecule has 2 rings (SSSR count). The van der Waals surface area contributed by atoms with Crippen LogP contribution in [0.2, 0.25) is 0 Å². The Morgan fingerprint density at radius 2 is 1.95 bits per heavy atom. The van der Waals surface area contributed by atoms with Crippen molar-refractivity contribution in [1.82, 2.24) is 0 Å². The number of unbranched alkanes of at least 4 members (excludes halogenated alkanes) is 2. The third kappa shape index (κ3) is 3.66. The predicted octanol–water partition coefficient (Wildman–Crippen LogP) is 4.70. The van der Waals surface area contributed by atoms with Crippen LogP contribution in [0.5, 0.6) is 0 Å². The van der Waals surface area contributed by atoms with Gasteiger partial charge in [0.15, 0.2) is 0 Å². The molecule has 1 nitrogen and oxygen atoms in total. The van der Waals surface area contributed by atoms with Crippen molar-refractivity contribution in [2.45, 2.75) is 57.5 Å². The highest BCUT2D eigenvalue weighted by Crippen LogP contribution is 2.37. The molecule has 0 aliphatic heterocycles. The first-order valence-corrected chi connectivity index (χ1v) is 7.30.